The van der Waals surface area contributed by atoms with Gasteiger partial charge in [0.25, 0.3) is 5.91 Å². The molecule has 134 valence electrons. The molecule has 25 heavy (non-hydrogen) atoms. The number of anilines is 1. The summed E-state index contributed by atoms with van der Waals surface area (Å²) in [5, 5.41) is 6.89. The molecule has 0 fully saturated rings. The Bertz CT molecular complexity index is 770. The lowest BCUT2D eigenvalue weighted by Gasteiger charge is -2.10. The second kappa shape index (κ2) is 8.18. The van der Waals surface area contributed by atoms with Crippen LogP contribution in [0.3, 0.4) is 0 Å². The summed E-state index contributed by atoms with van der Waals surface area (Å²) >= 11 is 0. The van der Waals surface area contributed by atoms with Crippen molar-refractivity contribution in [3.8, 4) is 11.5 Å². The van der Waals surface area contributed by atoms with E-state index >= 15 is 0 Å². The average Bonchev–Trinajstić information content (AvgIpc) is 2.84. The first kappa shape index (κ1) is 18.3. The number of para-hydroxylation sites is 2. The Morgan fingerprint density at radius 1 is 1.16 bits per heavy atom. The Labute approximate surface area is 145 Å². The molecule has 8 nitrogen and oxygen atoms in total. The number of nitrogens with one attached hydrogen (secondary N) is 1. The highest BCUT2D eigenvalue weighted by Gasteiger charge is 2.14. The van der Waals surface area contributed by atoms with Crippen LogP contribution in [-0.4, -0.2) is 42.0 Å². The quantitative estimate of drug-likeness (QED) is 0.765. The number of benzene rings is 1. The Kier molecular flexibility index (Phi) is 5.99. The molecule has 0 spiro atoms. The van der Waals surface area contributed by atoms with E-state index in [0.717, 1.165) is 5.69 Å². The number of esters is 1. The van der Waals surface area contributed by atoms with E-state index in [9.17, 15) is 9.59 Å². The molecule has 1 aromatic heterocycles. The van der Waals surface area contributed by atoms with Gasteiger partial charge in [0.15, 0.2) is 24.7 Å². The van der Waals surface area contributed by atoms with Crippen LogP contribution < -0.4 is 14.8 Å². The Hall–Kier alpha value is -3.03. The largest absolute Gasteiger partial charge is 0.493 e. The van der Waals surface area contributed by atoms with E-state index in [1.54, 1.807) is 42.9 Å². The van der Waals surface area contributed by atoms with E-state index in [0.29, 0.717) is 22.9 Å². The molecule has 1 amide bonds. The van der Waals surface area contributed by atoms with Crippen LogP contribution in [0.1, 0.15) is 11.4 Å². The lowest BCUT2D eigenvalue weighted by atomic mass is 10.3. The minimum absolute atomic E-state index is 0.321. The maximum absolute atomic E-state index is 11.9. The molecule has 0 aliphatic heterocycles. The lowest BCUT2D eigenvalue weighted by Crippen LogP contribution is -2.24. The van der Waals surface area contributed by atoms with Crippen LogP contribution in [-0.2, 0) is 21.4 Å². The van der Waals surface area contributed by atoms with Gasteiger partial charge in [-0.25, -0.2) is 4.79 Å². The van der Waals surface area contributed by atoms with E-state index in [1.807, 2.05) is 6.92 Å². The topological polar surface area (TPSA) is 91.7 Å². The molecule has 0 bridgehead atoms. The maximum Gasteiger partial charge on any atom is 0.344 e. The number of hydrogen-bond donors (Lipinski definition) is 1. The van der Waals surface area contributed by atoms with Gasteiger partial charge in [-0.15, -0.1) is 0 Å². The zero-order chi connectivity index (χ0) is 18.4. The van der Waals surface area contributed by atoms with Gasteiger partial charge in [0.2, 0.25) is 0 Å². The van der Waals surface area contributed by atoms with Crippen molar-refractivity contribution < 1.29 is 23.8 Å². The van der Waals surface area contributed by atoms with Crippen LogP contribution in [0.15, 0.2) is 24.3 Å². The molecule has 0 atom stereocenters. The summed E-state index contributed by atoms with van der Waals surface area (Å²) in [6, 6.07) is 6.94. The van der Waals surface area contributed by atoms with E-state index < -0.39 is 18.5 Å². The molecular weight excluding hydrogens is 326 g/mol. The van der Waals surface area contributed by atoms with E-state index in [-0.39, 0.29) is 6.61 Å². The van der Waals surface area contributed by atoms with Crippen molar-refractivity contribution >= 4 is 17.6 Å². The fourth-order valence-corrected chi connectivity index (χ4v) is 2.19. The molecule has 8 heteroatoms. The number of amides is 1. The molecule has 2 aromatic rings. The maximum atomic E-state index is 11.9. The van der Waals surface area contributed by atoms with Crippen LogP contribution in [0.25, 0.3) is 0 Å². The molecule has 1 N–H and O–H groups in total. The molecule has 1 heterocycles. The third-order valence-corrected chi connectivity index (χ3v) is 3.55. The molecule has 0 saturated heterocycles. The van der Waals surface area contributed by atoms with E-state index in [4.69, 9.17) is 14.2 Å². The van der Waals surface area contributed by atoms with Crippen LogP contribution in [0.5, 0.6) is 11.5 Å². The molecule has 0 unspecified atom stereocenters. The first-order chi connectivity index (χ1) is 11.9. The van der Waals surface area contributed by atoms with Gasteiger partial charge in [-0.3, -0.25) is 9.48 Å². The van der Waals surface area contributed by atoms with Gasteiger partial charge < -0.3 is 19.5 Å². The second-order valence-corrected chi connectivity index (χ2v) is 5.32. The highest BCUT2D eigenvalue weighted by atomic mass is 16.6. The predicted octanol–water partition coefficient (Wildman–Crippen LogP) is 1.61. The van der Waals surface area contributed by atoms with Crippen LogP contribution in [0, 0.1) is 13.8 Å². The first-order valence-corrected chi connectivity index (χ1v) is 7.64. The molecule has 0 aliphatic rings. The number of methoxy groups -OCH3 is 1. The van der Waals surface area contributed by atoms with Crippen molar-refractivity contribution in [3.63, 3.8) is 0 Å². The summed E-state index contributed by atoms with van der Waals surface area (Å²) < 4.78 is 17.0. The summed E-state index contributed by atoms with van der Waals surface area (Å²) in [6.45, 7) is 2.90. The minimum Gasteiger partial charge on any atom is -0.493 e. The fraction of sp³-hybridized carbons (Fsp3) is 0.353. The third kappa shape index (κ3) is 4.72. The fourth-order valence-electron chi connectivity index (χ4n) is 2.19. The standard InChI is InChI=1S/C17H21N3O5/c1-11-17(12(2)20(3)19-11)18-15(21)9-25-16(22)10-24-14-8-6-5-7-13(14)23-4/h5-8H,9-10H2,1-4H3,(H,18,21). The minimum atomic E-state index is -0.652. The van der Waals surface area contributed by atoms with E-state index in [2.05, 4.69) is 10.4 Å². The molecule has 2 rings (SSSR count). The summed E-state index contributed by atoms with van der Waals surface area (Å²) in [4.78, 5) is 23.6. The molecule has 0 saturated carbocycles. The number of hydrogen-bond acceptors (Lipinski definition) is 6. The summed E-state index contributed by atoms with van der Waals surface area (Å²) in [5.41, 5.74) is 2.13. The van der Waals surface area contributed by atoms with Gasteiger partial charge in [-0.05, 0) is 26.0 Å². The first-order valence-electron chi connectivity index (χ1n) is 7.64. The smallest absolute Gasteiger partial charge is 0.344 e. The van der Waals surface area contributed by atoms with Crippen LogP contribution in [0.2, 0.25) is 0 Å². The summed E-state index contributed by atoms with van der Waals surface area (Å²) in [6.07, 6.45) is 0. The molecule has 0 radical (unpaired) electrons. The van der Waals surface area contributed by atoms with E-state index in [1.165, 1.54) is 7.11 Å². The average molecular weight is 347 g/mol. The number of carbonyl (C=O) groups excluding carboxylic acids is 2. The van der Waals surface area contributed by atoms with Crippen molar-refractivity contribution in [3.05, 3.63) is 35.7 Å². The predicted molar refractivity (Wildman–Crippen MR) is 90.8 cm³/mol. The third-order valence-electron chi connectivity index (χ3n) is 3.55. The molecule has 1 aromatic carbocycles. The van der Waals surface area contributed by atoms with Gasteiger partial charge in [-0.1, -0.05) is 12.1 Å². The lowest BCUT2D eigenvalue weighted by molar-refractivity contribution is -0.149. The number of carbonyl (C=O) groups is 2. The zero-order valence-electron chi connectivity index (χ0n) is 14.7. The van der Waals surface area contributed by atoms with Crippen molar-refractivity contribution in [1.82, 2.24) is 9.78 Å². The van der Waals surface area contributed by atoms with Crippen molar-refractivity contribution in [2.45, 2.75) is 13.8 Å². The van der Waals surface area contributed by atoms with Crippen LogP contribution >= 0.6 is 0 Å². The van der Waals surface area contributed by atoms with Crippen LogP contribution in [0.4, 0.5) is 5.69 Å². The normalized spacial score (nSPS) is 10.2. The SMILES string of the molecule is COc1ccccc1OCC(=O)OCC(=O)Nc1c(C)nn(C)c1C. The Morgan fingerprint density at radius 3 is 2.44 bits per heavy atom. The highest BCUT2D eigenvalue weighted by molar-refractivity contribution is 5.93. The van der Waals surface area contributed by atoms with Gasteiger partial charge >= 0.3 is 5.97 Å². The van der Waals surface area contributed by atoms with Crippen molar-refractivity contribution in [2.24, 2.45) is 7.05 Å². The summed E-state index contributed by atoms with van der Waals surface area (Å²) in [5.74, 6) is -0.158. The number of aromatic nitrogens is 2. The highest BCUT2D eigenvalue weighted by Crippen LogP contribution is 2.25. The zero-order valence-corrected chi connectivity index (χ0v) is 14.7. The number of nitrogens with zero attached hydrogens (tertiary/aromatic N) is 2. The van der Waals surface area contributed by atoms with Crippen molar-refractivity contribution in [2.75, 3.05) is 25.6 Å². The van der Waals surface area contributed by atoms with Crippen molar-refractivity contribution in [1.29, 1.82) is 0 Å². The number of ether oxygens (including phenoxy) is 3. The van der Waals surface area contributed by atoms with Gasteiger partial charge in [0.05, 0.1) is 24.2 Å². The monoisotopic (exact) mass is 347 g/mol. The number of aryl methyl sites for hydroxylation is 2. The number of rotatable bonds is 7. The Balaban J connectivity index is 1.80. The molecule has 0 aliphatic carbocycles. The molecular formula is C17H21N3O5. The van der Waals surface area contributed by atoms with Gasteiger partial charge in [0.1, 0.15) is 0 Å². The second-order valence-electron chi connectivity index (χ2n) is 5.32. The van der Waals surface area contributed by atoms with Gasteiger partial charge in [-0.2, -0.15) is 5.10 Å². The Morgan fingerprint density at radius 2 is 1.84 bits per heavy atom. The summed E-state index contributed by atoms with van der Waals surface area (Å²) in [7, 11) is 3.29. The van der Waals surface area contributed by atoms with Gasteiger partial charge in [0, 0.05) is 7.05 Å².